The van der Waals surface area contributed by atoms with Crippen molar-refractivity contribution in [3.05, 3.63) is 48.5 Å². The minimum absolute atomic E-state index is 0.0625. The van der Waals surface area contributed by atoms with Crippen LogP contribution in [0.2, 0.25) is 0 Å². The second kappa shape index (κ2) is 13.6. The molecule has 0 aromatic heterocycles. The summed E-state index contributed by atoms with van der Waals surface area (Å²) in [5, 5.41) is 13.0. The molecule has 0 fully saturated rings. The predicted octanol–water partition coefficient (Wildman–Crippen LogP) is 5.33. The van der Waals surface area contributed by atoms with Crippen molar-refractivity contribution >= 4 is 46.0 Å². The van der Waals surface area contributed by atoms with Crippen LogP contribution in [0.1, 0.15) is 19.8 Å². The molecule has 0 aliphatic heterocycles. The van der Waals surface area contributed by atoms with Crippen LogP contribution in [0.25, 0.3) is 0 Å². The fourth-order valence-corrected chi connectivity index (χ4v) is 3.21. The maximum Gasteiger partial charge on any atom is 0.387 e. The second-order valence-electron chi connectivity index (χ2n) is 6.68. The molecule has 0 saturated heterocycles. The molecule has 0 aliphatic rings. The van der Waals surface area contributed by atoms with Crippen LogP contribution in [0, 0.1) is 0 Å². The lowest BCUT2D eigenvalue weighted by atomic mass is 10.1. The summed E-state index contributed by atoms with van der Waals surface area (Å²) in [6.45, 7) is -3.17. The van der Waals surface area contributed by atoms with Crippen LogP contribution in [-0.4, -0.2) is 36.0 Å². The van der Waals surface area contributed by atoms with Crippen molar-refractivity contribution in [1.82, 2.24) is 10.6 Å². The van der Waals surface area contributed by atoms with Crippen LogP contribution in [0.5, 0.6) is 11.5 Å². The van der Waals surface area contributed by atoms with Crippen molar-refractivity contribution in [2.24, 2.45) is 0 Å². The summed E-state index contributed by atoms with van der Waals surface area (Å²) in [4.78, 5) is 0. The van der Waals surface area contributed by atoms with E-state index >= 15 is 0 Å². The molecule has 0 saturated carbocycles. The lowest BCUT2D eigenvalue weighted by Crippen LogP contribution is -2.40. The van der Waals surface area contributed by atoms with Crippen LogP contribution in [0.4, 0.5) is 28.9 Å². The van der Waals surface area contributed by atoms with Gasteiger partial charge in [-0.2, -0.15) is 17.6 Å². The standard InChI is InChI=1S/C21H24F4N4O2S2/c1-2-13(27-21(33)29-15-5-9-17(10-6-15)31-19(24)25)11-12-26-20(32)28-14-3-7-16(8-4-14)30-18(22)23/h3-10,13,18-19H,2,11-12H2,1H3,(H2,26,28,32)(H2,27,29,33)/t13-/m0/s1. The van der Waals surface area contributed by atoms with E-state index in [1.54, 1.807) is 24.3 Å². The number of alkyl halides is 4. The van der Waals surface area contributed by atoms with Gasteiger partial charge < -0.3 is 30.7 Å². The summed E-state index contributed by atoms with van der Waals surface area (Å²) in [7, 11) is 0. The fourth-order valence-electron chi connectivity index (χ4n) is 2.71. The van der Waals surface area contributed by atoms with Gasteiger partial charge in [0, 0.05) is 24.0 Å². The highest BCUT2D eigenvalue weighted by atomic mass is 32.1. The summed E-state index contributed by atoms with van der Waals surface area (Å²) < 4.78 is 57.4. The molecule has 0 unspecified atom stereocenters. The second-order valence-corrected chi connectivity index (χ2v) is 7.50. The SMILES string of the molecule is CC[C@@H](CCNC(=S)Nc1ccc(OC(F)F)cc1)NC(=S)Nc1ccc(OC(F)F)cc1. The largest absolute Gasteiger partial charge is 0.435 e. The van der Waals surface area contributed by atoms with Gasteiger partial charge in [0.25, 0.3) is 0 Å². The number of rotatable bonds is 11. The molecule has 180 valence electrons. The molecule has 0 radical (unpaired) electrons. The molecular weight excluding hydrogens is 480 g/mol. The topological polar surface area (TPSA) is 66.6 Å². The molecule has 2 aromatic rings. The molecular formula is C21H24F4N4O2S2. The summed E-state index contributed by atoms with van der Waals surface area (Å²) in [6.07, 6.45) is 1.51. The van der Waals surface area contributed by atoms with Crippen molar-refractivity contribution in [1.29, 1.82) is 0 Å². The monoisotopic (exact) mass is 504 g/mol. The minimum Gasteiger partial charge on any atom is -0.435 e. The predicted molar refractivity (Wildman–Crippen MR) is 128 cm³/mol. The Morgan fingerprint density at radius 2 is 1.24 bits per heavy atom. The molecule has 1 atom stereocenters. The lowest BCUT2D eigenvalue weighted by Gasteiger charge is -2.20. The van der Waals surface area contributed by atoms with Crippen LogP contribution < -0.4 is 30.7 Å². The molecule has 4 N–H and O–H groups in total. The van der Waals surface area contributed by atoms with E-state index in [0.29, 0.717) is 34.6 Å². The quantitative estimate of drug-likeness (QED) is 0.242. The summed E-state index contributed by atoms with van der Waals surface area (Å²) >= 11 is 10.6. The van der Waals surface area contributed by atoms with E-state index in [1.807, 2.05) is 6.92 Å². The third-order valence-corrected chi connectivity index (χ3v) is 4.75. The molecule has 33 heavy (non-hydrogen) atoms. The van der Waals surface area contributed by atoms with E-state index in [2.05, 4.69) is 30.7 Å². The molecule has 12 heteroatoms. The van der Waals surface area contributed by atoms with E-state index < -0.39 is 13.2 Å². The highest BCUT2D eigenvalue weighted by Gasteiger charge is 2.10. The van der Waals surface area contributed by atoms with E-state index in [4.69, 9.17) is 24.4 Å². The molecule has 2 rings (SSSR count). The third-order valence-electron chi connectivity index (χ3n) is 4.28. The first-order valence-corrected chi connectivity index (χ1v) is 10.8. The first kappa shape index (κ1) is 26.4. The Balaban J connectivity index is 1.71. The number of thiocarbonyl (C=S) groups is 2. The van der Waals surface area contributed by atoms with Gasteiger partial charge in [-0.3, -0.25) is 0 Å². The van der Waals surface area contributed by atoms with Gasteiger partial charge in [0.15, 0.2) is 10.2 Å². The fraction of sp³-hybridized carbons (Fsp3) is 0.333. The van der Waals surface area contributed by atoms with Crippen LogP contribution in [-0.2, 0) is 0 Å². The first-order valence-electron chi connectivity index (χ1n) is 9.97. The Bertz CT molecular complexity index is 887. The van der Waals surface area contributed by atoms with Crippen LogP contribution >= 0.6 is 24.4 Å². The molecule has 0 spiro atoms. The molecule has 0 amide bonds. The van der Waals surface area contributed by atoms with E-state index in [1.165, 1.54) is 24.3 Å². The zero-order valence-corrected chi connectivity index (χ0v) is 19.3. The Labute approximate surface area is 200 Å². The molecule has 0 heterocycles. The molecule has 0 bridgehead atoms. The smallest absolute Gasteiger partial charge is 0.387 e. The number of anilines is 2. The van der Waals surface area contributed by atoms with Gasteiger partial charge in [-0.1, -0.05) is 6.92 Å². The maximum absolute atomic E-state index is 12.2. The minimum atomic E-state index is -2.87. The van der Waals surface area contributed by atoms with Crippen LogP contribution in [0.15, 0.2) is 48.5 Å². The van der Waals surface area contributed by atoms with Crippen molar-refractivity contribution in [3.63, 3.8) is 0 Å². The number of ether oxygens (including phenoxy) is 2. The van der Waals surface area contributed by atoms with Gasteiger partial charge in [-0.05, 0) is 85.8 Å². The number of hydrogen-bond donors (Lipinski definition) is 4. The average molecular weight is 505 g/mol. The van der Waals surface area contributed by atoms with Gasteiger partial charge in [-0.15, -0.1) is 0 Å². The highest BCUT2D eigenvalue weighted by Crippen LogP contribution is 2.18. The first-order chi connectivity index (χ1) is 15.7. The van der Waals surface area contributed by atoms with E-state index in [-0.39, 0.29) is 17.5 Å². The number of benzene rings is 2. The van der Waals surface area contributed by atoms with Crippen molar-refractivity contribution in [3.8, 4) is 11.5 Å². The zero-order valence-electron chi connectivity index (χ0n) is 17.6. The summed E-state index contributed by atoms with van der Waals surface area (Å²) in [6, 6.07) is 12.1. The van der Waals surface area contributed by atoms with E-state index in [0.717, 1.165) is 6.42 Å². The third kappa shape index (κ3) is 10.5. The number of halogens is 4. The maximum atomic E-state index is 12.2. The highest BCUT2D eigenvalue weighted by molar-refractivity contribution is 7.80. The van der Waals surface area contributed by atoms with Crippen LogP contribution in [0.3, 0.4) is 0 Å². The number of hydrogen-bond acceptors (Lipinski definition) is 4. The lowest BCUT2D eigenvalue weighted by molar-refractivity contribution is -0.0505. The average Bonchev–Trinajstić information content (AvgIpc) is 2.75. The Morgan fingerprint density at radius 1 is 0.788 bits per heavy atom. The molecule has 0 aliphatic carbocycles. The summed E-state index contributed by atoms with van der Waals surface area (Å²) in [5.74, 6) is 0.127. The van der Waals surface area contributed by atoms with Crippen molar-refractivity contribution in [2.75, 3.05) is 17.2 Å². The molecule has 6 nitrogen and oxygen atoms in total. The zero-order chi connectivity index (χ0) is 24.2. The van der Waals surface area contributed by atoms with Gasteiger partial charge in [0.05, 0.1) is 0 Å². The Kier molecular flexibility index (Phi) is 10.9. The Hall–Kier alpha value is -2.86. The summed E-state index contributed by atoms with van der Waals surface area (Å²) in [5.41, 5.74) is 1.27. The van der Waals surface area contributed by atoms with Gasteiger partial charge in [-0.25, -0.2) is 0 Å². The van der Waals surface area contributed by atoms with Gasteiger partial charge in [0.2, 0.25) is 0 Å². The Morgan fingerprint density at radius 3 is 1.67 bits per heavy atom. The number of nitrogens with one attached hydrogen (secondary N) is 4. The normalized spacial score (nSPS) is 11.6. The van der Waals surface area contributed by atoms with Gasteiger partial charge >= 0.3 is 13.2 Å². The molecule has 2 aromatic carbocycles. The van der Waals surface area contributed by atoms with E-state index in [9.17, 15) is 17.6 Å². The van der Waals surface area contributed by atoms with Crippen molar-refractivity contribution < 1.29 is 27.0 Å². The van der Waals surface area contributed by atoms with Gasteiger partial charge in [0.1, 0.15) is 11.5 Å². The van der Waals surface area contributed by atoms with Crippen molar-refractivity contribution in [2.45, 2.75) is 39.0 Å².